The van der Waals surface area contributed by atoms with E-state index in [1.165, 1.54) is 15.6 Å². The molecule has 2 N–H and O–H groups in total. The van der Waals surface area contributed by atoms with Crippen molar-refractivity contribution in [1.82, 2.24) is 35.1 Å². The van der Waals surface area contributed by atoms with Gasteiger partial charge < -0.3 is 44.3 Å². The van der Waals surface area contributed by atoms with Gasteiger partial charge in [0.15, 0.2) is 12.3 Å². The number of nitrogens with one attached hydrogen (secondary N) is 2. The second-order valence-electron chi connectivity index (χ2n) is 14.8. The van der Waals surface area contributed by atoms with Gasteiger partial charge in [-0.05, 0) is 57.6 Å². The molecule has 17 heteroatoms. The summed E-state index contributed by atoms with van der Waals surface area (Å²) in [4.78, 5) is 83.7. The Hall–Kier alpha value is -5.19. The zero-order valence-electron chi connectivity index (χ0n) is 31.5. The van der Waals surface area contributed by atoms with E-state index in [0.717, 1.165) is 19.3 Å². The van der Waals surface area contributed by atoms with E-state index in [1.54, 1.807) is 41.0 Å². The highest BCUT2D eigenvalue weighted by atomic mass is 16.6. The topological polar surface area (TPSA) is 191 Å². The van der Waals surface area contributed by atoms with E-state index in [2.05, 4.69) is 15.7 Å². The number of esters is 1. The van der Waals surface area contributed by atoms with E-state index < -0.39 is 36.0 Å². The minimum atomic E-state index is -1.12. The molecule has 1 aliphatic carbocycles. The predicted molar refractivity (Wildman–Crippen MR) is 195 cm³/mol. The van der Waals surface area contributed by atoms with Crippen molar-refractivity contribution in [1.29, 1.82) is 0 Å². The zero-order chi connectivity index (χ0) is 39.0. The molecular formula is C38H51N7O10. The van der Waals surface area contributed by atoms with Crippen molar-refractivity contribution in [2.75, 3.05) is 65.8 Å². The lowest BCUT2D eigenvalue weighted by Crippen LogP contribution is -2.56. The maximum Gasteiger partial charge on any atom is 0.409 e. The monoisotopic (exact) mass is 765 g/mol. The summed E-state index contributed by atoms with van der Waals surface area (Å²) < 4.78 is 23.2. The van der Waals surface area contributed by atoms with Crippen molar-refractivity contribution < 1.29 is 47.7 Å². The van der Waals surface area contributed by atoms with Crippen molar-refractivity contribution in [2.45, 2.75) is 76.9 Å². The third-order valence-corrected chi connectivity index (χ3v) is 10.4. The highest BCUT2D eigenvalue weighted by molar-refractivity contribution is 5.96. The fourth-order valence-electron chi connectivity index (χ4n) is 6.90. The van der Waals surface area contributed by atoms with Crippen LogP contribution in [0.4, 0.5) is 4.79 Å². The average molecular weight is 766 g/mol. The number of benzene rings is 1. The first-order chi connectivity index (χ1) is 26.5. The quantitative estimate of drug-likeness (QED) is 0.251. The van der Waals surface area contributed by atoms with Gasteiger partial charge in [-0.25, -0.2) is 9.48 Å². The van der Waals surface area contributed by atoms with Gasteiger partial charge in [0.1, 0.15) is 18.7 Å². The summed E-state index contributed by atoms with van der Waals surface area (Å²) in [5.74, 6) is -2.04. The molecule has 6 rings (SSSR count). The summed E-state index contributed by atoms with van der Waals surface area (Å²) >= 11 is 0. The smallest absolute Gasteiger partial charge is 0.409 e. The Morgan fingerprint density at radius 2 is 1.67 bits per heavy atom. The van der Waals surface area contributed by atoms with Crippen LogP contribution in [-0.2, 0) is 33.4 Å². The number of likely N-dealkylation sites (tertiary alicyclic amines) is 1. The molecule has 5 amide bonds. The number of rotatable bonds is 15. The van der Waals surface area contributed by atoms with Gasteiger partial charge in [-0.3, -0.25) is 24.0 Å². The molecule has 4 aliphatic rings. The van der Waals surface area contributed by atoms with Gasteiger partial charge in [-0.2, -0.15) is 5.10 Å². The minimum Gasteiger partial charge on any atom is -0.467 e. The molecule has 0 bridgehead atoms. The normalized spacial score (nSPS) is 19.7. The number of hydrogen-bond acceptors (Lipinski definition) is 11. The molecule has 1 saturated carbocycles. The van der Waals surface area contributed by atoms with E-state index in [-0.39, 0.29) is 93.7 Å². The van der Waals surface area contributed by atoms with Crippen LogP contribution in [0.3, 0.4) is 0 Å². The van der Waals surface area contributed by atoms with Gasteiger partial charge in [0.25, 0.3) is 11.8 Å². The van der Waals surface area contributed by atoms with Crippen LogP contribution in [0, 0.1) is 5.41 Å². The van der Waals surface area contributed by atoms with Crippen LogP contribution in [0.25, 0.3) is 5.69 Å². The second-order valence-corrected chi connectivity index (χ2v) is 14.8. The van der Waals surface area contributed by atoms with Gasteiger partial charge in [0.2, 0.25) is 17.7 Å². The molecule has 1 aromatic carbocycles. The molecule has 4 fully saturated rings. The van der Waals surface area contributed by atoms with Crippen LogP contribution in [0.5, 0.6) is 5.88 Å². The number of aromatic nitrogens is 2. The summed E-state index contributed by atoms with van der Waals surface area (Å²) in [7, 11) is 0. The van der Waals surface area contributed by atoms with E-state index in [4.69, 9.17) is 18.9 Å². The van der Waals surface area contributed by atoms with Crippen molar-refractivity contribution in [2.24, 2.45) is 5.41 Å². The molecule has 17 nitrogen and oxygen atoms in total. The molecule has 3 aliphatic heterocycles. The fraction of sp³-hybridized carbons (Fsp3) is 0.605. The lowest BCUT2D eigenvalue weighted by Gasteiger charge is -2.37. The molecule has 0 unspecified atom stereocenters. The maximum atomic E-state index is 13.9. The van der Waals surface area contributed by atoms with E-state index >= 15 is 0 Å². The molecule has 3 saturated heterocycles. The Morgan fingerprint density at radius 3 is 2.33 bits per heavy atom. The van der Waals surface area contributed by atoms with Crippen LogP contribution in [0.2, 0.25) is 0 Å². The molecule has 1 aromatic heterocycles. The molecule has 2 atom stereocenters. The maximum absolute atomic E-state index is 13.9. The first-order valence-electron chi connectivity index (χ1n) is 19.2. The number of amides is 5. The highest BCUT2D eigenvalue weighted by Gasteiger charge is 2.37. The van der Waals surface area contributed by atoms with E-state index in [9.17, 15) is 28.8 Å². The van der Waals surface area contributed by atoms with Gasteiger partial charge in [0.05, 0.1) is 25.5 Å². The van der Waals surface area contributed by atoms with Gasteiger partial charge in [-0.1, -0.05) is 25.1 Å². The van der Waals surface area contributed by atoms with Gasteiger partial charge >= 0.3 is 12.1 Å². The molecule has 55 heavy (non-hydrogen) atoms. The summed E-state index contributed by atoms with van der Waals surface area (Å²) in [5, 5.41) is 10.3. The minimum absolute atomic E-state index is 0.0444. The summed E-state index contributed by atoms with van der Waals surface area (Å²) in [6, 6.07) is 8.77. The zero-order valence-corrected chi connectivity index (χ0v) is 31.5. The number of hydrogen-bond donors (Lipinski definition) is 2. The Kier molecular flexibility index (Phi) is 12.9. The number of piperazine rings is 1. The summed E-state index contributed by atoms with van der Waals surface area (Å²) in [5.41, 5.74) is 0.221. The van der Waals surface area contributed by atoms with Gasteiger partial charge in [0, 0.05) is 56.7 Å². The lowest BCUT2D eigenvalue weighted by molar-refractivity contribution is -0.165. The van der Waals surface area contributed by atoms with Crippen molar-refractivity contribution >= 4 is 35.7 Å². The Balaban J connectivity index is 1.14. The number of carbonyl (C=O) groups is 6. The summed E-state index contributed by atoms with van der Waals surface area (Å²) in [6.45, 7) is 6.02. The van der Waals surface area contributed by atoms with E-state index in [1.807, 2.05) is 13.0 Å². The van der Waals surface area contributed by atoms with Crippen LogP contribution in [0.15, 0.2) is 36.4 Å². The third-order valence-electron chi connectivity index (χ3n) is 10.4. The average Bonchev–Trinajstić information content (AvgIpc) is 3.84. The van der Waals surface area contributed by atoms with Gasteiger partial charge in [-0.15, -0.1) is 0 Å². The van der Waals surface area contributed by atoms with Crippen LogP contribution < -0.4 is 15.4 Å². The standard InChI is InChI=1S/C38H51N7O10/c1-3-53-37(51)43-19-17-42(18-20-43)36(50)28(14-15-33(47)55-25-38(2)23-52-24-38)40-34(48)29-21-32(45(41-29)27-11-5-4-6-12-27)54-22-31(46)44-16-8-13-30(44)35(49)39-26-9-7-10-26/h4-6,11-12,21,26,28,30H,3,7-10,13-20,22-25H2,1-2H3,(H,39,49)(H,40,48)/t28-,30-/m0/s1. The molecule has 4 heterocycles. The number of carbonyl (C=O) groups excluding carboxylic acids is 6. The van der Waals surface area contributed by atoms with Crippen molar-refractivity contribution in [3.05, 3.63) is 42.1 Å². The van der Waals surface area contributed by atoms with E-state index in [0.29, 0.717) is 38.3 Å². The second kappa shape index (κ2) is 18.0. The van der Waals surface area contributed by atoms with Crippen LogP contribution in [0.1, 0.15) is 69.3 Å². The molecule has 2 aromatic rings. The SMILES string of the molecule is CCOC(=O)N1CCN(C(=O)[C@H](CCC(=O)OCC2(C)COC2)NC(=O)c2cc(OCC(=O)N3CCC[C@H]3C(=O)NC3CCC3)n(-c3ccccc3)n2)CC1. The Labute approximate surface area is 319 Å². The molecule has 298 valence electrons. The lowest BCUT2D eigenvalue weighted by atomic mass is 9.90. The summed E-state index contributed by atoms with van der Waals surface area (Å²) in [6.07, 6.45) is 3.60. The largest absolute Gasteiger partial charge is 0.467 e. The number of nitrogens with zero attached hydrogens (tertiary/aromatic N) is 5. The van der Waals surface area contributed by atoms with Crippen molar-refractivity contribution in [3.63, 3.8) is 0 Å². The fourth-order valence-corrected chi connectivity index (χ4v) is 6.90. The van der Waals surface area contributed by atoms with Crippen molar-refractivity contribution in [3.8, 4) is 11.6 Å². The highest BCUT2D eigenvalue weighted by Crippen LogP contribution is 2.27. The Morgan fingerprint density at radius 1 is 0.945 bits per heavy atom. The Bertz CT molecular complexity index is 1700. The number of ether oxygens (including phenoxy) is 4. The first kappa shape index (κ1) is 39.5. The molecule has 0 spiro atoms. The molecular weight excluding hydrogens is 714 g/mol. The number of para-hydroxylation sites is 1. The molecule has 0 radical (unpaired) electrons. The van der Waals surface area contributed by atoms with Crippen LogP contribution in [-0.4, -0.2) is 144 Å². The first-order valence-corrected chi connectivity index (χ1v) is 19.2. The predicted octanol–water partition coefficient (Wildman–Crippen LogP) is 1.67. The van der Waals surface area contributed by atoms with Crippen LogP contribution >= 0.6 is 0 Å². The third kappa shape index (κ3) is 9.92.